The third-order valence-corrected chi connectivity index (χ3v) is 10.1. The number of nitrogens with zero attached hydrogens (tertiary/aromatic N) is 3. The molecule has 0 unspecified atom stereocenters. The van der Waals surface area contributed by atoms with Crippen LogP contribution in [0.15, 0.2) is 194 Å². The van der Waals surface area contributed by atoms with Crippen LogP contribution in [0, 0.1) is 33.8 Å². The minimum absolute atomic E-state index is 0. The van der Waals surface area contributed by atoms with Crippen LogP contribution in [0.2, 0.25) is 0 Å². The number of benzene rings is 8. The van der Waals surface area contributed by atoms with Crippen LogP contribution in [0.4, 0.5) is 51.2 Å². The molecule has 8 rings (SSSR count). The molecule has 4 heteroatoms. The van der Waals surface area contributed by atoms with Crippen molar-refractivity contribution in [3.05, 3.63) is 222 Å². The quantitative estimate of drug-likeness (QED) is 0.128. The Balaban J connectivity index is 0.00000480. The van der Waals surface area contributed by atoms with Crippen LogP contribution < -0.4 is 14.7 Å². The van der Waals surface area contributed by atoms with Crippen molar-refractivity contribution >= 4 is 51.2 Å². The molecule has 0 spiro atoms. The van der Waals surface area contributed by atoms with Gasteiger partial charge >= 0.3 is 0 Å². The summed E-state index contributed by atoms with van der Waals surface area (Å²) in [4.78, 5) is 6.92. The van der Waals surface area contributed by atoms with E-state index in [2.05, 4.69) is 230 Å². The van der Waals surface area contributed by atoms with Gasteiger partial charge in [-0.2, -0.15) is 18.2 Å². The molecule has 0 aliphatic carbocycles. The molecule has 0 atom stereocenters. The Kier molecular flexibility index (Phi) is 12.0. The van der Waals surface area contributed by atoms with E-state index in [9.17, 15) is 0 Å². The molecule has 0 aliphatic heterocycles. The van der Waals surface area contributed by atoms with Crippen molar-refractivity contribution in [2.45, 2.75) is 27.7 Å². The van der Waals surface area contributed by atoms with Gasteiger partial charge in [-0.25, -0.2) is 0 Å². The summed E-state index contributed by atoms with van der Waals surface area (Å²) in [5.74, 6) is 0. The van der Waals surface area contributed by atoms with Crippen molar-refractivity contribution in [1.82, 2.24) is 0 Å². The van der Waals surface area contributed by atoms with Crippen molar-refractivity contribution in [2.75, 3.05) is 14.7 Å². The van der Waals surface area contributed by atoms with Crippen LogP contribution >= 0.6 is 0 Å². The standard InChI is InChI=1S/C52H44N3.Y/c1-38-10-22-45(23-11-38)53(44-8-6-5-7-9-44)51-34-36-52(37-35-51)55(48-28-16-41(4)17-29-48)50-32-20-43(21-33-50)42-18-30-49(31-19-42)54(46-24-12-39(2)13-25-46)47-26-14-40(3)15-27-47;/h6-37H,1-4H3;/q-1;. The maximum absolute atomic E-state index is 3.17. The van der Waals surface area contributed by atoms with E-state index in [-0.39, 0.29) is 32.7 Å². The van der Waals surface area contributed by atoms with Crippen LogP contribution in [0.25, 0.3) is 11.1 Å². The molecule has 8 aromatic rings. The first-order chi connectivity index (χ1) is 26.9. The molecule has 0 saturated heterocycles. The molecule has 0 aromatic heterocycles. The summed E-state index contributed by atoms with van der Waals surface area (Å²) in [5, 5.41) is 0. The van der Waals surface area contributed by atoms with Gasteiger partial charge in [0.25, 0.3) is 0 Å². The third-order valence-electron chi connectivity index (χ3n) is 10.1. The van der Waals surface area contributed by atoms with Crippen LogP contribution in [0.5, 0.6) is 0 Å². The first kappa shape index (κ1) is 38.5. The average molecular weight is 800 g/mol. The maximum atomic E-state index is 3.17. The molecule has 0 amide bonds. The van der Waals surface area contributed by atoms with E-state index in [0.29, 0.717) is 0 Å². The largest absolute Gasteiger partial charge is 0.334 e. The van der Waals surface area contributed by atoms with Crippen molar-refractivity contribution in [1.29, 1.82) is 0 Å². The summed E-state index contributed by atoms with van der Waals surface area (Å²) >= 11 is 0. The van der Waals surface area contributed by atoms with Crippen LogP contribution in [0.3, 0.4) is 0 Å². The number of hydrogen-bond acceptors (Lipinski definition) is 3. The van der Waals surface area contributed by atoms with Gasteiger partial charge in [0.15, 0.2) is 0 Å². The van der Waals surface area contributed by atoms with E-state index in [1.54, 1.807) is 0 Å². The summed E-state index contributed by atoms with van der Waals surface area (Å²) < 4.78 is 0. The molecule has 271 valence electrons. The fraction of sp³-hybridized carbons (Fsp3) is 0.0769. The van der Waals surface area contributed by atoms with Gasteiger partial charge in [0.05, 0.1) is 0 Å². The molecule has 0 aliphatic rings. The molecule has 0 saturated carbocycles. The van der Waals surface area contributed by atoms with Crippen LogP contribution in [-0.4, -0.2) is 0 Å². The Morgan fingerprint density at radius 3 is 0.661 bits per heavy atom. The zero-order chi connectivity index (χ0) is 37.7. The zero-order valence-corrected chi connectivity index (χ0v) is 35.2. The summed E-state index contributed by atoms with van der Waals surface area (Å²) in [5.41, 5.74) is 17.3. The third kappa shape index (κ3) is 8.55. The first-order valence-corrected chi connectivity index (χ1v) is 18.8. The van der Waals surface area contributed by atoms with E-state index < -0.39 is 0 Å². The molecule has 1 radical (unpaired) electrons. The number of aryl methyl sites for hydroxylation is 4. The molecule has 0 N–H and O–H groups in total. The van der Waals surface area contributed by atoms with Crippen molar-refractivity contribution in [2.24, 2.45) is 0 Å². The van der Waals surface area contributed by atoms with E-state index in [1.807, 2.05) is 12.1 Å². The number of anilines is 9. The van der Waals surface area contributed by atoms with Gasteiger partial charge < -0.3 is 14.7 Å². The topological polar surface area (TPSA) is 9.72 Å². The summed E-state index contributed by atoms with van der Waals surface area (Å²) in [6, 6.07) is 72.8. The van der Waals surface area contributed by atoms with Gasteiger partial charge in [-0.3, -0.25) is 0 Å². The zero-order valence-electron chi connectivity index (χ0n) is 32.4. The average Bonchev–Trinajstić information content (AvgIpc) is 3.23. The predicted molar refractivity (Wildman–Crippen MR) is 234 cm³/mol. The van der Waals surface area contributed by atoms with E-state index in [4.69, 9.17) is 0 Å². The molecule has 8 aromatic carbocycles. The summed E-state index contributed by atoms with van der Waals surface area (Å²) in [6.07, 6.45) is 0. The van der Waals surface area contributed by atoms with Crippen LogP contribution in [-0.2, 0) is 32.7 Å². The summed E-state index contributed by atoms with van der Waals surface area (Å²) in [6.45, 7) is 8.50. The summed E-state index contributed by atoms with van der Waals surface area (Å²) in [7, 11) is 0. The second kappa shape index (κ2) is 17.4. The molecule has 0 bridgehead atoms. The van der Waals surface area contributed by atoms with E-state index in [0.717, 1.165) is 51.2 Å². The normalized spacial score (nSPS) is 10.7. The molecule has 0 fully saturated rings. The Hall–Kier alpha value is -5.74. The molecule has 56 heavy (non-hydrogen) atoms. The molecular formula is C52H44N3Y-. The smallest absolute Gasteiger partial charge is 0.0463 e. The fourth-order valence-electron chi connectivity index (χ4n) is 7.00. The first-order valence-electron chi connectivity index (χ1n) is 18.8. The van der Waals surface area contributed by atoms with Gasteiger partial charge in [-0.05, 0) is 136 Å². The van der Waals surface area contributed by atoms with E-state index in [1.165, 1.54) is 33.4 Å². The van der Waals surface area contributed by atoms with Crippen molar-refractivity contribution in [3.8, 4) is 11.1 Å². The van der Waals surface area contributed by atoms with Crippen molar-refractivity contribution < 1.29 is 32.7 Å². The Bertz CT molecular complexity index is 2410. The van der Waals surface area contributed by atoms with Gasteiger partial charge in [0.1, 0.15) is 0 Å². The monoisotopic (exact) mass is 799 g/mol. The molecular weight excluding hydrogens is 755 g/mol. The van der Waals surface area contributed by atoms with Crippen molar-refractivity contribution in [3.63, 3.8) is 0 Å². The van der Waals surface area contributed by atoms with Gasteiger partial charge in [0, 0.05) is 78.2 Å². The number of rotatable bonds is 10. The maximum Gasteiger partial charge on any atom is 0.0463 e. The molecule has 0 heterocycles. The fourth-order valence-corrected chi connectivity index (χ4v) is 7.00. The Morgan fingerprint density at radius 1 is 0.250 bits per heavy atom. The van der Waals surface area contributed by atoms with Gasteiger partial charge in [-0.1, -0.05) is 101 Å². The van der Waals surface area contributed by atoms with Gasteiger partial charge in [0.2, 0.25) is 0 Å². The van der Waals surface area contributed by atoms with Crippen LogP contribution in [0.1, 0.15) is 22.3 Å². The minimum atomic E-state index is 0. The number of hydrogen-bond donors (Lipinski definition) is 0. The second-order valence-electron chi connectivity index (χ2n) is 14.2. The molecule has 3 nitrogen and oxygen atoms in total. The SMILES string of the molecule is Cc1ccc(N(c2ccc(C)cc2)c2ccc(-c3ccc(N(c4ccc(C)cc4)c4ccc(N(c5cc[c-]cc5)c5ccc(C)cc5)cc4)cc3)cc2)cc1.[Y]. The Morgan fingerprint density at radius 2 is 0.429 bits per heavy atom. The van der Waals surface area contributed by atoms with E-state index >= 15 is 0 Å². The van der Waals surface area contributed by atoms with Gasteiger partial charge in [-0.15, -0.1) is 12.1 Å². The predicted octanol–water partition coefficient (Wildman–Crippen LogP) is 14.8. The Labute approximate surface area is 357 Å². The second-order valence-corrected chi connectivity index (χ2v) is 14.2. The minimum Gasteiger partial charge on any atom is -0.334 e.